The van der Waals surface area contributed by atoms with Gasteiger partial charge in [0.2, 0.25) is 0 Å². The van der Waals surface area contributed by atoms with Crippen LogP contribution in [-0.2, 0) is 0 Å². The molecule has 1 heterocycles. The monoisotopic (exact) mass is 239 g/mol. The summed E-state index contributed by atoms with van der Waals surface area (Å²) in [4.78, 5) is 4.12. The normalized spacial score (nSPS) is 16.8. The van der Waals surface area contributed by atoms with E-state index in [1.165, 1.54) is 0 Å². The first kappa shape index (κ1) is 13.1. The van der Waals surface area contributed by atoms with E-state index in [4.69, 9.17) is 15.9 Å². The number of nitrogens with zero attached hydrogens (tertiary/aromatic N) is 1. The van der Waals surface area contributed by atoms with Crippen LogP contribution in [-0.4, -0.2) is 28.0 Å². The van der Waals surface area contributed by atoms with Crippen LogP contribution < -0.4 is 0 Å². The van der Waals surface area contributed by atoms with Gasteiger partial charge in [0.05, 0.1) is 17.3 Å². The number of thioether (sulfide) groups is 1. The van der Waals surface area contributed by atoms with Crippen molar-refractivity contribution in [3.8, 4) is 0 Å². The summed E-state index contributed by atoms with van der Waals surface area (Å²) in [5.41, 5.74) is 0.647. The van der Waals surface area contributed by atoms with Crippen LogP contribution >= 0.6 is 11.8 Å². The first-order valence-electron chi connectivity index (χ1n) is 5.37. The van der Waals surface area contributed by atoms with Crippen LogP contribution in [0.15, 0.2) is 16.8 Å². The average molecular weight is 239 g/mol. The summed E-state index contributed by atoms with van der Waals surface area (Å²) in [6.45, 7) is 1.90. The van der Waals surface area contributed by atoms with E-state index in [1.807, 2.05) is 13.0 Å². The molecule has 5 heteroatoms. The summed E-state index contributed by atoms with van der Waals surface area (Å²) in [7, 11) is 0. The minimum atomic E-state index is -0.154. The van der Waals surface area contributed by atoms with E-state index in [0.717, 1.165) is 31.0 Å². The molecule has 1 aliphatic heterocycles. The summed E-state index contributed by atoms with van der Waals surface area (Å²) in [6, 6.07) is 0. The summed E-state index contributed by atoms with van der Waals surface area (Å²) < 4.78 is 0. The van der Waals surface area contributed by atoms with Gasteiger partial charge in [-0.1, -0.05) is 24.8 Å². The van der Waals surface area contributed by atoms with Crippen molar-refractivity contribution in [3.05, 3.63) is 11.8 Å². The Bertz CT molecular complexity index is 332. The lowest BCUT2D eigenvalue weighted by molar-refractivity contribution is 0.260. The van der Waals surface area contributed by atoms with E-state index in [0.29, 0.717) is 15.8 Å². The molecule has 3 N–H and O–H groups in total. The molecule has 1 rings (SSSR count). The quantitative estimate of drug-likeness (QED) is 0.520. The number of rotatable bonds is 4. The third kappa shape index (κ3) is 3.57. The molecule has 1 aliphatic rings. The number of nitrogens with one attached hydrogen (secondary N) is 2. The maximum absolute atomic E-state index is 9.05. The SMILES string of the molecule is CCC(CO)C(=N)SC(=N)C1=CCCC=N1. The molecule has 0 aromatic carbocycles. The van der Waals surface area contributed by atoms with Gasteiger partial charge in [-0.2, -0.15) is 0 Å². The van der Waals surface area contributed by atoms with Crippen molar-refractivity contribution in [2.45, 2.75) is 26.2 Å². The number of aliphatic hydroxyl groups excluding tert-OH is 1. The maximum atomic E-state index is 9.05. The standard InChI is InChI=1S/C11H17N3OS/c1-2-8(7-15)10(12)16-11(13)9-5-3-4-6-14-9/h5-6,8,12-13,15H,2-4,7H2,1H3. The molecule has 4 nitrogen and oxygen atoms in total. The molecule has 0 aliphatic carbocycles. The highest BCUT2D eigenvalue weighted by atomic mass is 32.2. The van der Waals surface area contributed by atoms with Crippen LogP contribution in [0.1, 0.15) is 26.2 Å². The Balaban J connectivity index is 2.54. The largest absolute Gasteiger partial charge is 0.396 e. The highest BCUT2D eigenvalue weighted by molar-refractivity contribution is 8.26. The lowest BCUT2D eigenvalue weighted by atomic mass is 10.1. The highest BCUT2D eigenvalue weighted by Crippen LogP contribution is 2.21. The van der Waals surface area contributed by atoms with E-state index in [9.17, 15) is 0 Å². The molecule has 0 aromatic rings. The van der Waals surface area contributed by atoms with Gasteiger partial charge >= 0.3 is 0 Å². The van der Waals surface area contributed by atoms with Crippen LogP contribution in [0.3, 0.4) is 0 Å². The van der Waals surface area contributed by atoms with Crippen molar-refractivity contribution in [1.82, 2.24) is 0 Å². The Labute approximate surface area is 99.9 Å². The Hall–Kier alpha value is -0.940. The van der Waals surface area contributed by atoms with Crippen LogP contribution in [0, 0.1) is 16.7 Å². The second kappa shape index (κ2) is 6.60. The fourth-order valence-corrected chi connectivity index (χ4v) is 2.17. The molecule has 88 valence electrons. The van der Waals surface area contributed by atoms with Gasteiger partial charge in [-0.25, -0.2) is 0 Å². The Kier molecular flexibility index (Phi) is 5.42. The Morgan fingerprint density at radius 3 is 2.81 bits per heavy atom. The number of aliphatic hydroxyl groups is 1. The molecule has 0 aromatic heterocycles. The topological polar surface area (TPSA) is 80.3 Å². The van der Waals surface area contributed by atoms with E-state index >= 15 is 0 Å². The van der Waals surface area contributed by atoms with Crippen molar-refractivity contribution < 1.29 is 5.11 Å². The minimum Gasteiger partial charge on any atom is -0.396 e. The molecule has 0 bridgehead atoms. The van der Waals surface area contributed by atoms with E-state index in [2.05, 4.69) is 4.99 Å². The molecule has 0 fully saturated rings. The molecule has 1 atom stereocenters. The predicted molar refractivity (Wildman–Crippen MR) is 69.7 cm³/mol. The number of hydrogen-bond donors (Lipinski definition) is 3. The van der Waals surface area contributed by atoms with Gasteiger partial charge in [0.25, 0.3) is 0 Å². The molecule has 0 amide bonds. The Morgan fingerprint density at radius 1 is 1.56 bits per heavy atom. The number of hydrogen-bond acceptors (Lipinski definition) is 5. The second-order valence-electron chi connectivity index (χ2n) is 3.56. The summed E-state index contributed by atoms with van der Waals surface area (Å²) in [5.74, 6) is -0.154. The van der Waals surface area contributed by atoms with E-state index in [1.54, 1.807) is 6.21 Å². The lowest BCUT2D eigenvalue weighted by Gasteiger charge is -2.13. The molecule has 0 radical (unpaired) electrons. The van der Waals surface area contributed by atoms with Gasteiger partial charge < -0.3 is 5.11 Å². The van der Waals surface area contributed by atoms with Crippen LogP contribution in [0.4, 0.5) is 0 Å². The average Bonchev–Trinajstić information content (AvgIpc) is 2.31. The molecular weight excluding hydrogens is 222 g/mol. The number of aliphatic imine (C=N–C) groups is 1. The van der Waals surface area contributed by atoms with Gasteiger partial charge in [-0.05, 0) is 19.3 Å². The predicted octanol–water partition coefficient (Wildman–Crippen LogP) is 2.44. The van der Waals surface area contributed by atoms with Crippen molar-refractivity contribution in [2.75, 3.05) is 6.61 Å². The van der Waals surface area contributed by atoms with Crippen molar-refractivity contribution in [2.24, 2.45) is 10.9 Å². The highest BCUT2D eigenvalue weighted by Gasteiger charge is 2.16. The fourth-order valence-electron chi connectivity index (χ4n) is 1.30. The van der Waals surface area contributed by atoms with Gasteiger partial charge in [-0.15, -0.1) is 0 Å². The van der Waals surface area contributed by atoms with Crippen molar-refractivity contribution >= 4 is 28.1 Å². The van der Waals surface area contributed by atoms with Crippen LogP contribution in [0.2, 0.25) is 0 Å². The first-order chi connectivity index (χ1) is 7.69. The third-order valence-corrected chi connectivity index (χ3v) is 3.36. The van der Waals surface area contributed by atoms with Gasteiger partial charge in [0.15, 0.2) is 0 Å². The van der Waals surface area contributed by atoms with Crippen molar-refractivity contribution in [3.63, 3.8) is 0 Å². The smallest absolute Gasteiger partial charge is 0.119 e. The lowest BCUT2D eigenvalue weighted by Crippen LogP contribution is -2.16. The Morgan fingerprint density at radius 2 is 2.31 bits per heavy atom. The fraction of sp³-hybridized carbons (Fsp3) is 0.545. The zero-order chi connectivity index (χ0) is 12.0. The first-order valence-corrected chi connectivity index (χ1v) is 6.19. The van der Waals surface area contributed by atoms with Crippen molar-refractivity contribution in [1.29, 1.82) is 10.8 Å². The zero-order valence-corrected chi connectivity index (χ0v) is 10.2. The summed E-state index contributed by atoms with van der Waals surface area (Å²) >= 11 is 1.09. The number of allylic oxidation sites excluding steroid dienone is 1. The van der Waals surface area contributed by atoms with E-state index < -0.39 is 0 Å². The molecule has 1 unspecified atom stereocenters. The van der Waals surface area contributed by atoms with Gasteiger partial charge in [0.1, 0.15) is 5.04 Å². The second-order valence-corrected chi connectivity index (χ2v) is 4.61. The van der Waals surface area contributed by atoms with Gasteiger partial charge in [-0.3, -0.25) is 15.8 Å². The zero-order valence-electron chi connectivity index (χ0n) is 9.36. The maximum Gasteiger partial charge on any atom is 0.119 e. The molecule has 0 saturated heterocycles. The van der Waals surface area contributed by atoms with E-state index in [-0.39, 0.29) is 12.5 Å². The third-order valence-electron chi connectivity index (χ3n) is 2.39. The van der Waals surface area contributed by atoms with Gasteiger partial charge in [0, 0.05) is 12.1 Å². The summed E-state index contributed by atoms with van der Waals surface area (Å²) in [5, 5.41) is 25.3. The van der Waals surface area contributed by atoms with Crippen LogP contribution in [0.5, 0.6) is 0 Å². The minimum absolute atomic E-state index is 0.0298. The molecule has 16 heavy (non-hydrogen) atoms. The molecule has 0 spiro atoms. The van der Waals surface area contributed by atoms with Crippen LogP contribution in [0.25, 0.3) is 0 Å². The summed E-state index contributed by atoms with van der Waals surface area (Å²) in [6.07, 6.45) is 6.28. The molecular formula is C11H17N3OS. The molecule has 0 saturated carbocycles.